The Morgan fingerprint density at radius 1 is 0.727 bits per heavy atom. The van der Waals surface area contributed by atoms with Crippen molar-refractivity contribution in [2.75, 3.05) is 13.1 Å². The first kappa shape index (κ1) is 7.60. The van der Waals surface area contributed by atoms with Gasteiger partial charge in [0.1, 0.15) is 0 Å². The molecule has 64 valence electrons. The van der Waals surface area contributed by atoms with E-state index in [4.69, 9.17) is 0 Å². The predicted octanol–water partition coefficient (Wildman–Crippen LogP) is 2.18. The maximum absolute atomic E-state index is 3.48. The monoisotopic (exact) mass is 153 g/mol. The van der Waals surface area contributed by atoms with Gasteiger partial charge in [-0.25, -0.2) is 0 Å². The minimum Gasteiger partial charge on any atom is -0.317 e. The van der Waals surface area contributed by atoms with Gasteiger partial charge < -0.3 is 5.32 Å². The molecule has 1 aliphatic heterocycles. The molecular weight excluding hydrogens is 134 g/mol. The first-order chi connectivity index (χ1) is 5.47. The highest BCUT2D eigenvalue weighted by Gasteiger charge is 2.26. The molecule has 0 aromatic carbocycles. The van der Waals surface area contributed by atoms with Gasteiger partial charge in [-0.1, -0.05) is 19.3 Å². The molecule has 2 fully saturated rings. The van der Waals surface area contributed by atoms with Crippen molar-refractivity contribution in [3.8, 4) is 0 Å². The number of hydrogen-bond acceptors (Lipinski definition) is 1. The Balaban J connectivity index is 1.80. The second-order valence-electron chi connectivity index (χ2n) is 4.13. The molecule has 0 aromatic heterocycles. The van der Waals surface area contributed by atoms with Gasteiger partial charge in [0.2, 0.25) is 0 Å². The van der Waals surface area contributed by atoms with Crippen molar-refractivity contribution in [1.29, 1.82) is 0 Å². The van der Waals surface area contributed by atoms with E-state index in [0.717, 1.165) is 11.8 Å². The first-order valence-corrected chi connectivity index (χ1v) is 5.17. The zero-order valence-corrected chi connectivity index (χ0v) is 7.31. The van der Waals surface area contributed by atoms with E-state index in [1.807, 2.05) is 0 Å². The van der Waals surface area contributed by atoms with Gasteiger partial charge in [-0.15, -0.1) is 0 Å². The highest BCUT2D eigenvalue weighted by Crippen LogP contribution is 2.37. The van der Waals surface area contributed by atoms with Gasteiger partial charge in [-0.3, -0.25) is 0 Å². The van der Waals surface area contributed by atoms with Gasteiger partial charge in [0.05, 0.1) is 0 Å². The second kappa shape index (κ2) is 3.57. The van der Waals surface area contributed by atoms with E-state index in [1.165, 1.54) is 51.6 Å². The minimum absolute atomic E-state index is 1.08. The Morgan fingerprint density at radius 2 is 1.45 bits per heavy atom. The van der Waals surface area contributed by atoms with E-state index < -0.39 is 0 Å². The summed E-state index contributed by atoms with van der Waals surface area (Å²) < 4.78 is 0. The molecule has 1 saturated carbocycles. The molecular formula is C10H19N. The minimum atomic E-state index is 1.08. The van der Waals surface area contributed by atoms with Gasteiger partial charge in [-0.05, 0) is 44.2 Å². The summed E-state index contributed by atoms with van der Waals surface area (Å²) in [4.78, 5) is 0. The Hall–Kier alpha value is -0.0400. The average Bonchev–Trinajstić information content (AvgIpc) is 2.12. The Labute approximate surface area is 69.6 Å². The van der Waals surface area contributed by atoms with E-state index in [0.29, 0.717) is 0 Å². The van der Waals surface area contributed by atoms with Gasteiger partial charge in [0.15, 0.2) is 0 Å². The summed E-state index contributed by atoms with van der Waals surface area (Å²) in [5, 5.41) is 3.48. The van der Waals surface area contributed by atoms with Crippen LogP contribution >= 0.6 is 0 Å². The summed E-state index contributed by atoms with van der Waals surface area (Å²) in [6.07, 6.45) is 8.94. The quantitative estimate of drug-likeness (QED) is 0.609. The lowest BCUT2D eigenvalue weighted by molar-refractivity contribution is 0.191. The van der Waals surface area contributed by atoms with Gasteiger partial charge in [-0.2, -0.15) is 0 Å². The molecule has 1 heterocycles. The SMILES string of the molecule is C1CC([C@H]2CCCNCC2)C1. The third kappa shape index (κ3) is 1.76. The van der Waals surface area contributed by atoms with Crippen molar-refractivity contribution in [3.05, 3.63) is 0 Å². The summed E-state index contributed by atoms with van der Waals surface area (Å²) in [5.74, 6) is 2.20. The second-order valence-corrected chi connectivity index (χ2v) is 4.13. The van der Waals surface area contributed by atoms with Gasteiger partial charge in [0, 0.05) is 0 Å². The highest BCUT2D eigenvalue weighted by atomic mass is 14.8. The van der Waals surface area contributed by atoms with E-state index in [9.17, 15) is 0 Å². The Kier molecular flexibility index (Phi) is 2.47. The molecule has 0 aromatic rings. The number of nitrogens with one attached hydrogen (secondary N) is 1. The lowest BCUT2D eigenvalue weighted by atomic mass is 9.73. The molecule has 1 heteroatoms. The van der Waals surface area contributed by atoms with Crippen LogP contribution in [0.5, 0.6) is 0 Å². The fraction of sp³-hybridized carbons (Fsp3) is 1.00. The largest absolute Gasteiger partial charge is 0.317 e. The lowest BCUT2D eigenvalue weighted by Gasteiger charge is -2.33. The summed E-state index contributed by atoms with van der Waals surface area (Å²) in [6, 6.07) is 0. The van der Waals surface area contributed by atoms with E-state index >= 15 is 0 Å². The summed E-state index contributed by atoms with van der Waals surface area (Å²) in [5.41, 5.74) is 0. The normalized spacial score (nSPS) is 34.4. The molecule has 0 spiro atoms. The van der Waals surface area contributed by atoms with Crippen LogP contribution < -0.4 is 5.32 Å². The molecule has 1 saturated heterocycles. The number of hydrogen-bond donors (Lipinski definition) is 1. The van der Waals surface area contributed by atoms with Gasteiger partial charge >= 0.3 is 0 Å². The molecule has 1 atom stereocenters. The maximum atomic E-state index is 3.48. The molecule has 0 radical (unpaired) electrons. The van der Waals surface area contributed by atoms with Gasteiger partial charge in [0.25, 0.3) is 0 Å². The van der Waals surface area contributed by atoms with Crippen LogP contribution in [0.4, 0.5) is 0 Å². The Bertz CT molecular complexity index is 110. The van der Waals surface area contributed by atoms with Crippen LogP contribution in [0.15, 0.2) is 0 Å². The summed E-state index contributed by atoms with van der Waals surface area (Å²) >= 11 is 0. The van der Waals surface area contributed by atoms with Crippen LogP contribution in [0, 0.1) is 11.8 Å². The Morgan fingerprint density at radius 3 is 2.18 bits per heavy atom. The van der Waals surface area contributed by atoms with Crippen molar-refractivity contribution >= 4 is 0 Å². The molecule has 2 aliphatic rings. The lowest BCUT2D eigenvalue weighted by Crippen LogP contribution is -2.23. The molecule has 0 amide bonds. The van der Waals surface area contributed by atoms with Crippen LogP contribution in [0.2, 0.25) is 0 Å². The molecule has 0 unspecified atom stereocenters. The molecule has 1 aliphatic carbocycles. The smallest absolute Gasteiger partial charge is 0.00462 e. The van der Waals surface area contributed by atoms with Crippen LogP contribution in [0.1, 0.15) is 38.5 Å². The third-order valence-corrected chi connectivity index (χ3v) is 3.44. The maximum Gasteiger partial charge on any atom is -0.00462 e. The fourth-order valence-electron chi connectivity index (χ4n) is 2.43. The standard InChI is InChI=1S/C10H19N/c1-3-9(4-1)10-5-2-7-11-8-6-10/h9-11H,1-8H2/t10-/m0/s1. The third-order valence-electron chi connectivity index (χ3n) is 3.44. The first-order valence-electron chi connectivity index (χ1n) is 5.17. The summed E-state index contributed by atoms with van der Waals surface area (Å²) in [7, 11) is 0. The van der Waals surface area contributed by atoms with Crippen molar-refractivity contribution in [1.82, 2.24) is 5.32 Å². The van der Waals surface area contributed by atoms with Crippen molar-refractivity contribution in [3.63, 3.8) is 0 Å². The van der Waals surface area contributed by atoms with E-state index in [2.05, 4.69) is 5.32 Å². The number of rotatable bonds is 1. The van der Waals surface area contributed by atoms with E-state index in [-0.39, 0.29) is 0 Å². The average molecular weight is 153 g/mol. The van der Waals surface area contributed by atoms with Crippen molar-refractivity contribution in [2.45, 2.75) is 38.5 Å². The summed E-state index contributed by atoms with van der Waals surface area (Å²) in [6.45, 7) is 2.55. The van der Waals surface area contributed by atoms with E-state index in [1.54, 1.807) is 0 Å². The van der Waals surface area contributed by atoms with Crippen LogP contribution in [-0.2, 0) is 0 Å². The van der Waals surface area contributed by atoms with Crippen LogP contribution in [0.3, 0.4) is 0 Å². The zero-order valence-electron chi connectivity index (χ0n) is 7.31. The van der Waals surface area contributed by atoms with Crippen LogP contribution in [0.25, 0.3) is 0 Å². The molecule has 11 heavy (non-hydrogen) atoms. The molecule has 2 rings (SSSR count). The predicted molar refractivity (Wildman–Crippen MR) is 47.6 cm³/mol. The highest BCUT2D eigenvalue weighted by molar-refractivity contribution is 4.79. The van der Waals surface area contributed by atoms with Crippen molar-refractivity contribution in [2.24, 2.45) is 11.8 Å². The van der Waals surface area contributed by atoms with Crippen LogP contribution in [-0.4, -0.2) is 13.1 Å². The zero-order chi connectivity index (χ0) is 7.52. The topological polar surface area (TPSA) is 12.0 Å². The fourth-order valence-corrected chi connectivity index (χ4v) is 2.43. The van der Waals surface area contributed by atoms with Crippen molar-refractivity contribution < 1.29 is 0 Å². The molecule has 0 bridgehead atoms. The molecule has 1 nitrogen and oxygen atoms in total. The molecule has 1 N–H and O–H groups in total.